The van der Waals surface area contributed by atoms with Gasteiger partial charge in [-0.3, -0.25) is 0 Å². The Bertz CT molecular complexity index is 294. The fourth-order valence-corrected chi connectivity index (χ4v) is 1.11. The lowest BCUT2D eigenvalue weighted by Crippen LogP contribution is -2.06. The van der Waals surface area contributed by atoms with Gasteiger partial charge in [0, 0.05) is 6.04 Å². The van der Waals surface area contributed by atoms with Gasteiger partial charge in [0.15, 0.2) is 0 Å². The Kier molecular flexibility index (Phi) is 4.74. The standard InChI is InChI=1S/C11H15N.ClH/c1-4-11(12)10-6-5-8(2)9(3)7-10;/h4-7,11H,1,12H2,2-3H3;1H/t11-;/m0./s1. The van der Waals surface area contributed by atoms with E-state index in [9.17, 15) is 0 Å². The van der Waals surface area contributed by atoms with Gasteiger partial charge in [-0.05, 0) is 30.5 Å². The Balaban J connectivity index is 0.00000144. The second-order valence-electron chi connectivity index (χ2n) is 3.11. The average molecular weight is 198 g/mol. The van der Waals surface area contributed by atoms with E-state index < -0.39 is 0 Å². The van der Waals surface area contributed by atoms with Crippen molar-refractivity contribution in [2.45, 2.75) is 19.9 Å². The lowest BCUT2D eigenvalue weighted by Gasteiger charge is -2.08. The molecule has 0 radical (unpaired) electrons. The second kappa shape index (κ2) is 5.05. The number of nitrogens with two attached hydrogens (primary N) is 1. The van der Waals surface area contributed by atoms with Crippen molar-refractivity contribution in [1.29, 1.82) is 0 Å². The first kappa shape index (κ1) is 12.2. The summed E-state index contributed by atoms with van der Waals surface area (Å²) in [6, 6.07) is 6.22. The highest BCUT2D eigenvalue weighted by atomic mass is 35.5. The molecule has 0 aromatic heterocycles. The van der Waals surface area contributed by atoms with E-state index in [2.05, 4.69) is 38.6 Å². The van der Waals surface area contributed by atoms with Crippen molar-refractivity contribution in [3.05, 3.63) is 47.5 Å². The van der Waals surface area contributed by atoms with Crippen LogP contribution in [-0.2, 0) is 0 Å². The molecule has 0 amide bonds. The van der Waals surface area contributed by atoms with Crippen molar-refractivity contribution in [2.24, 2.45) is 5.73 Å². The van der Waals surface area contributed by atoms with E-state index >= 15 is 0 Å². The van der Waals surface area contributed by atoms with Gasteiger partial charge in [-0.25, -0.2) is 0 Å². The van der Waals surface area contributed by atoms with Crippen LogP contribution in [-0.4, -0.2) is 0 Å². The first-order valence-corrected chi connectivity index (χ1v) is 4.10. The minimum Gasteiger partial charge on any atom is -0.321 e. The summed E-state index contributed by atoms with van der Waals surface area (Å²) in [6.45, 7) is 7.85. The molecule has 0 heterocycles. The van der Waals surface area contributed by atoms with E-state index in [1.807, 2.05) is 0 Å². The van der Waals surface area contributed by atoms with E-state index in [4.69, 9.17) is 5.73 Å². The first-order valence-electron chi connectivity index (χ1n) is 4.10. The van der Waals surface area contributed by atoms with Crippen molar-refractivity contribution in [3.63, 3.8) is 0 Å². The molecule has 1 rings (SSSR count). The molecule has 0 aliphatic carbocycles. The fraction of sp³-hybridized carbons (Fsp3) is 0.273. The summed E-state index contributed by atoms with van der Waals surface area (Å²) in [6.07, 6.45) is 1.75. The summed E-state index contributed by atoms with van der Waals surface area (Å²) in [5, 5.41) is 0. The van der Waals surface area contributed by atoms with Crippen LogP contribution in [0.4, 0.5) is 0 Å². The van der Waals surface area contributed by atoms with Crippen molar-refractivity contribution in [1.82, 2.24) is 0 Å². The number of rotatable bonds is 2. The largest absolute Gasteiger partial charge is 0.321 e. The normalized spacial score (nSPS) is 11.6. The van der Waals surface area contributed by atoms with Crippen LogP contribution in [0.25, 0.3) is 0 Å². The summed E-state index contributed by atoms with van der Waals surface area (Å²) < 4.78 is 0. The predicted molar refractivity (Wildman–Crippen MR) is 60.3 cm³/mol. The molecule has 0 aliphatic heterocycles. The molecule has 0 saturated heterocycles. The Morgan fingerprint density at radius 1 is 1.31 bits per heavy atom. The molecule has 13 heavy (non-hydrogen) atoms. The number of hydrogen-bond donors (Lipinski definition) is 1. The molecule has 0 saturated carbocycles. The van der Waals surface area contributed by atoms with Gasteiger partial charge in [0.05, 0.1) is 0 Å². The highest BCUT2D eigenvalue weighted by Gasteiger charge is 2.01. The van der Waals surface area contributed by atoms with Gasteiger partial charge in [0.1, 0.15) is 0 Å². The molecule has 0 bridgehead atoms. The molecule has 0 spiro atoms. The van der Waals surface area contributed by atoms with Crippen LogP contribution < -0.4 is 5.73 Å². The minimum atomic E-state index is -0.0377. The predicted octanol–water partition coefficient (Wildman–Crippen LogP) is 2.91. The van der Waals surface area contributed by atoms with E-state index in [-0.39, 0.29) is 18.4 Å². The van der Waals surface area contributed by atoms with Gasteiger partial charge in [0.2, 0.25) is 0 Å². The Labute approximate surface area is 86.1 Å². The van der Waals surface area contributed by atoms with Crippen LogP contribution in [0.3, 0.4) is 0 Å². The summed E-state index contributed by atoms with van der Waals surface area (Å²) in [7, 11) is 0. The third kappa shape index (κ3) is 2.87. The molecule has 2 N–H and O–H groups in total. The second-order valence-corrected chi connectivity index (χ2v) is 3.11. The first-order chi connectivity index (χ1) is 5.65. The van der Waals surface area contributed by atoms with Gasteiger partial charge in [-0.2, -0.15) is 0 Å². The highest BCUT2D eigenvalue weighted by molar-refractivity contribution is 5.85. The average Bonchev–Trinajstić information content (AvgIpc) is 2.08. The van der Waals surface area contributed by atoms with Crippen molar-refractivity contribution in [2.75, 3.05) is 0 Å². The van der Waals surface area contributed by atoms with Gasteiger partial charge >= 0.3 is 0 Å². The molecular formula is C11H16ClN. The molecule has 1 aromatic carbocycles. The van der Waals surface area contributed by atoms with Gasteiger partial charge in [0.25, 0.3) is 0 Å². The lowest BCUT2D eigenvalue weighted by molar-refractivity contribution is 0.911. The van der Waals surface area contributed by atoms with Crippen molar-refractivity contribution in [3.8, 4) is 0 Å². The lowest BCUT2D eigenvalue weighted by atomic mass is 10.0. The molecule has 1 aromatic rings. The summed E-state index contributed by atoms with van der Waals surface area (Å²) in [5.74, 6) is 0. The van der Waals surface area contributed by atoms with Crippen molar-refractivity contribution < 1.29 is 0 Å². The quantitative estimate of drug-likeness (QED) is 0.725. The van der Waals surface area contributed by atoms with Crippen molar-refractivity contribution >= 4 is 12.4 Å². The van der Waals surface area contributed by atoms with Crippen LogP contribution in [0.15, 0.2) is 30.9 Å². The smallest absolute Gasteiger partial charge is 0.0478 e. The fourth-order valence-electron chi connectivity index (χ4n) is 1.11. The zero-order valence-electron chi connectivity index (χ0n) is 8.08. The Morgan fingerprint density at radius 2 is 1.92 bits per heavy atom. The Morgan fingerprint density at radius 3 is 2.38 bits per heavy atom. The topological polar surface area (TPSA) is 26.0 Å². The molecule has 1 nitrogen and oxygen atoms in total. The maximum Gasteiger partial charge on any atom is 0.0478 e. The maximum absolute atomic E-state index is 5.80. The van der Waals surface area contributed by atoms with Crippen LogP contribution in [0.5, 0.6) is 0 Å². The third-order valence-electron chi connectivity index (χ3n) is 2.17. The summed E-state index contributed by atoms with van der Waals surface area (Å²) >= 11 is 0. The zero-order valence-corrected chi connectivity index (χ0v) is 8.90. The van der Waals surface area contributed by atoms with Crippen LogP contribution in [0.2, 0.25) is 0 Å². The van der Waals surface area contributed by atoms with Gasteiger partial charge in [-0.1, -0.05) is 24.3 Å². The molecule has 0 unspecified atom stereocenters. The summed E-state index contributed by atoms with van der Waals surface area (Å²) in [5.41, 5.74) is 9.51. The minimum absolute atomic E-state index is 0. The van der Waals surface area contributed by atoms with Gasteiger partial charge in [-0.15, -0.1) is 19.0 Å². The van der Waals surface area contributed by atoms with E-state index in [0.29, 0.717) is 0 Å². The molecular weight excluding hydrogens is 182 g/mol. The van der Waals surface area contributed by atoms with Gasteiger partial charge < -0.3 is 5.73 Å². The number of hydrogen-bond acceptors (Lipinski definition) is 1. The molecule has 2 heteroatoms. The van der Waals surface area contributed by atoms with Crippen LogP contribution >= 0.6 is 12.4 Å². The number of benzene rings is 1. The molecule has 1 atom stereocenters. The zero-order chi connectivity index (χ0) is 9.14. The summed E-state index contributed by atoms with van der Waals surface area (Å²) in [4.78, 5) is 0. The molecule has 0 fully saturated rings. The maximum atomic E-state index is 5.80. The van der Waals surface area contributed by atoms with Crippen LogP contribution in [0, 0.1) is 13.8 Å². The molecule has 72 valence electrons. The Hall–Kier alpha value is -0.790. The molecule has 0 aliphatic rings. The van der Waals surface area contributed by atoms with E-state index in [0.717, 1.165) is 5.56 Å². The van der Waals surface area contributed by atoms with E-state index in [1.165, 1.54) is 11.1 Å². The number of halogens is 1. The van der Waals surface area contributed by atoms with E-state index in [1.54, 1.807) is 6.08 Å². The third-order valence-corrected chi connectivity index (χ3v) is 2.17. The number of aryl methyl sites for hydroxylation is 2. The highest BCUT2D eigenvalue weighted by Crippen LogP contribution is 2.15. The SMILES string of the molecule is C=C[C@H](N)c1ccc(C)c(C)c1.Cl. The van der Waals surface area contributed by atoms with Crippen LogP contribution in [0.1, 0.15) is 22.7 Å². The monoisotopic (exact) mass is 197 g/mol.